The lowest BCUT2D eigenvalue weighted by molar-refractivity contribution is -0.140. The smallest absolute Gasteiger partial charge is 0.310 e. The maximum Gasteiger partial charge on any atom is 0.310 e. The van der Waals surface area contributed by atoms with Crippen molar-refractivity contribution in [3.05, 3.63) is 11.8 Å². The molecule has 1 atom stereocenters. The second kappa shape index (κ2) is 2.73. The maximum atomic E-state index is 10.4. The summed E-state index contributed by atoms with van der Waals surface area (Å²) in [5.74, 6) is -0.998. The molecule has 0 aromatic rings. The first-order valence-electron chi connectivity index (χ1n) is 3.35. The van der Waals surface area contributed by atoms with Crippen LogP contribution in [0.1, 0.15) is 13.3 Å². The van der Waals surface area contributed by atoms with Gasteiger partial charge in [0.25, 0.3) is 0 Å². The lowest BCUT2D eigenvalue weighted by Gasteiger charge is -2.16. The Morgan fingerprint density at radius 2 is 2.60 bits per heavy atom. The molecule has 1 rings (SSSR count). The second-order valence-corrected chi connectivity index (χ2v) is 2.51. The molecular formula is C7H11NO2. The molecule has 0 saturated heterocycles. The van der Waals surface area contributed by atoms with Crippen molar-refractivity contribution in [2.24, 2.45) is 5.92 Å². The first kappa shape index (κ1) is 7.12. The molecule has 3 heteroatoms. The molecule has 0 amide bonds. The highest BCUT2D eigenvalue weighted by atomic mass is 16.4. The number of nitrogens with one attached hydrogen (secondary N) is 1. The fraction of sp³-hybridized carbons (Fsp3) is 0.571. The molecule has 56 valence electrons. The van der Waals surface area contributed by atoms with Gasteiger partial charge >= 0.3 is 5.97 Å². The van der Waals surface area contributed by atoms with E-state index in [1.165, 1.54) is 0 Å². The van der Waals surface area contributed by atoms with E-state index >= 15 is 0 Å². The first-order chi connectivity index (χ1) is 4.70. The Kier molecular flexibility index (Phi) is 1.94. The fourth-order valence-corrected chi connectivity index (χ4v) is 1.06. The van der Waals surface area contributed by atoms with Crippen molar-refractivity contribution in [1.82, 2.24) is 5.32 Å². The Bertz CT molecular complexity index is 174. The molecule has 1 aliphatic rings. The Morgan fingerprint density at radius 3 is 3.00 bits per heavy atom. The summed E-state index contributed by atoms with van der Waals surface area (Å²) in [6.45, 7) is 2.66. The highest BCUT2D eigenvalue weighted by Gasteiger charge is 2.17. The summed E-state index contributed by atoms with van der Waals surface area (Å²) in [6.07, 6.45) is 2.46. The molecule has 2 N–H and O–H groups in total. The predicted octanol–water partition coefficient (Wildman–Crippen LogP) is 0.584. The summed E-state index contributed by atoms with van der Waals surface area (Å²) >= 11 is 0. The Morgan fingerprint density at radius 1 is 1.90 bits per heavy atom. The summed E-state index contributed by atoms with van der Waals surface area (Å²) < 4.78 is 0. The predicted molar refractivity (Wildman–Crippen MR) is 37.5 cm³/mol. The molecule has 0 saturated carbocycles. The molecular weight excluding hydrogens is 130 g/mol. The zero-order chi connectivity index (χ0) is 7.56. The SMILES string of the molecule is CC1=CC(C(=O)O)CCN1. The van der Waals surface area contributed by atoms with E-state index in [0.717, 1.165) is 12.2 Å². The number of hydrogen-bond donors (Lipinski definition) is 2. The number of allylic oxidation sites excluding steroid dienone is 1. The standard InChI is InChI=1S/C7H11NO2/c1-5-4-6(7(9)10)2-3-8-5/h4,6,8H,2-3H2,1H3,(H,9,10). The molecule has 0 spiro atoms. The van der Waals surface area contributed by atoms with Crippen LogP contribution in [-0.2, 0) is 4.79 Å². The molecule has 3 nitrogen and oxygen atoms in total. The van der Waals surface area contributed by atoms with E-state index in [0.29, 0.717) is 6.42 Å². The van der Waals surface area contributed by atoms with Gasteiger partial charge < -0.3 is 10.4 Å². The number of carbonyl (C=O) groups is 1. The molecule has 0 aliphatic carbocycles. The normalized spacial score (nSPS) is 24.9. The van der Waals surface area contributed by atoms with Crippen LogP contribution in [0, 0.1) is 5.92 Å². The minimum atomic E-state index is -0.721. The van der Waals surface area contributed by atoms with Crippen molar-refractivity contribution >= 4 is 5.97 Å². The van der Waals surface area contributed by atoms with Crippen molar-refractivity contribution in [2.45, 2.75) is 13.3 Å². The van der Waals surface area contributed by atoms with Gasteiger partial charge in [0.05, 0.1) is 5.92 Å². The van der Waals surface area contributed by atoms with Crippen molar-refractivity contribution in [2.75, 3.05) is 6.54 Å². The summed E-state index contributed by atoms with van der Waals surface area (Å²) in [6, 6.07) is 0. The van der Waals surface area contributed by atoms with Gasteiger partial charge in [-0.2, -0.15) is 0 Å². The lowest BCUT2D eigenvalue weighted by Crippen LogP contribution is -2.26. The Labute approximate surface area is 59.7 Å². The Hall–Kier alpha value is -0.990. The topological polar surface area (TPSA) is 49.3 Å². The molecule has 10 heavy (non-hydrogen) atoms. The average molecular weight is 141 g/mol. The number of carboxylic acids is 1. The van der Waals surface area contributed by atoms with E-state index in [-0.39, 0.29) is 5.92 Å². The van der Waals surface area contributed by atoms with Crippen LogP contribution in [-0.4, -0.2) is 17.6 Å². The number of hydrogen-bond acceptors (Lipinski definition) is 2. The maximum absolute atomic E-state index is 10.4. The van der Waals surface area contributed by atoms with Gasteiger partial charge in [-0.25, -0.2) is 0 Å². The summed E-state index contributed by atoms with van der Waals surface area (Å²) in [5.41, 5.74) is 0.971. The monoisotopic (exact) mass is 141 g/mol. The van der Waals surface area contributed by atoms with Crippen LogP contribution in [0.4, 0.5) is 0 Å². The second-order valence-electron chi connectivity index (χ2n) is 2.51. The lowest BCUT2D eigenvalue weighted by atomic mass is 10.0. The number of carboxylic acid groups (broad SMARTS) is 1. The van der Waals surface area contributed by atoms with Gasteiger partial charge in [0, 0.05) is 12.2 Å². The van der Waals surface area contributed by atoms with Crippen molar-refractivity contribution in [1.29, 1.82) is 0 Å². The molecule has 1 aliphatic heterocycles. The third kappa shape index (κ3) is 1.50. The van der Waals surface area contributed by atoms with E-state index in [4.69, 9.17) is 5.11 Å². The molecule has 0 aromatic carbocycles. The van der Waals surface area contributed by atoms with Crippen LogP contribution >= 0.6 is 0 Å². The summed E-state index contributed by atoms with van der Waals surface area (Å²) in [7, 11) is 0. The highest BCUT2D eigenvalue weighted by molar-refractivity contribution is 5.72. The van der Waals surface area contributed by atoms with Crippen LogP contribution in [0.5, 0.6) is 0 Å². The van der Waals surface area contributed by atoms with Crippen LogP contribution in [0.25, 0.3) is 0 Å². The van der Waals surface area contributed by atoms with E-state index < -0.39 is 5.97 Å². The van der Waals surface area contributed by atoms with Crippen molar-refractivity contribution in [3.8, 4) is 0 Å². The minimum absolute atomic E-state index is 0.277. The van der Waals surface area contributed by atoms with E-state index in [1.807, 2.05) is 6.92 Å². The molecule has 0 aromatic heterocycles. The van der Waals surface area contributed by atoms with Gasteiger partial charge in [-0.05, 0) is 13.3 Å². The zero-order valence-electron chi connectivity index (χ0n) is 5.92. The molecule has 0 radical (unpaired) electrons. The van der Waals surface area contributed by atoms with E-state index in [2.05, 4.69) is 5.32 Å². The summed E-state index contributed by atoms with van der Waals surface area (Å²) in [5, 5.41) is 11.6. The minimum Gasteiger partial charge on any atom is -0.481 e. The zero-order valence-corrected chi connectivity index (χ0v) is 5.92. The van der Waals surface area contributed by atoms with E-state index in [1.54, 1.807) is 6.08 Å². The van der Waals surface area contributed by atoms with Gasteiger partial charge in [0.1, 0.15) is 0 Å². The van der Waals surface area contributed by atoms with Gasteiger partial charge in [-0.1, -0.05) is 6.08 Å². The highest BCUT2D eigenvalue weighted by Crippen LogP contribution is 2.11. The average Bonchev–Trinajstić information content (AvgIpc) is 1.88. The van der Waals surface area contributed by atoms with Crippen LogP contribution in [0.3, 0.4) is 0 Å². The molecule has 1 heterocycles. The van der Waals surface area contributed by atoms with Gasteiger partial charge in [-0.15, -0.1) is 0 Å². The quantitative estimate of drug-likeness (QED) is 0.561. The summed E-state index contributed by atoms with van der Waals surface area (Å²) in [4.78, 5) is 10.4. The Balaban J connectivity index is 2.62. The van der Waals surface area contributed by atoms with Crippen LogP contribution < -0.4 is 5.32 Å². The third-order valence-electron chi connectivity index (χ3n) is 1.63. The van der Waals surface area contributed by atoms with Crippen LogP contribution in [0.2, 0.25) is 0 Å². The number of rotatable bonds is 1. The van der Waals surface area contributed by atoms with Gasteiger partial charge in [0.2, 0.25) is 0 Å². The number of aliphatic carboxylic acids is 1. The van der Waals surface area contributed by atoms with Gasteiger partial charge in [0.15, 0.2) is 0 Å². The third-order valence-corrected chi connectivity index (χ3v) is 1.63. The first-order valence-corrected chi connectivity index (χ1v) is 3.35. The largest absolute Gasteiger partial charge is 0.481 e. The van der Waals surface area contributed by atoms with E-state index in [9.17, 15) is 4.79 Å². The van der Waals surface area contributed by atoms with Crippen molar-refractivity contribution < 1.29 is 9.90 Å². The fourth-order valence-electron chi connectivity index (χ4n) is 1.06. The molecule has 0 bridgehead atoms. The van der Waals surface area contributed by atoms with Gasteiger partial charge in [-0.3, -0.25) is 4.79 Å². The van der Waals surface area contributed by atoms with Crippen LogP contribution in [0.15, 0.2) is 11.8 Å². The molecule has 1 unspecified atom stereocenters. The van der Waals surface area contributed by atoms with Crippen molar-refractivity contribution in [3.63, 3.8) is 0 Å². The molecule has 0 fully saturated rings.